The van der Waals surface area contributed by atoms with Gasteiger partial charge in [0.15, 0.2) is 0 Å². The number of esters is 1. The summed E-state index contributed by atoms with van der Waals surface area (Å²) in [6.45, 7) is 1.95. The number of rotatable bonds is 6. The molecule has 1 atom stereocenters. The summed E-state index contributed by atoms with van der Waals surface area (Å²) in [5.74, 6) is -1.27. The standard InChI is InChI=1S/C16H16FNO4S2/c1-10(15(20)22-8-7-21-2)18-14(19)13(24-16(18)23)9-11-3-5-12(17)6-4-11/h3-6,9-10H,7-8H2,1-2H3. The molecule has 0 spiro atoms. The summed E-state index contributed by atoms with van der Waals surface area (Å²) in [5.41, 5.74) is 0.673. The third kappa shape index (κ3) is 4.40. The Morgan fingerprint density at radius 1 is 1.38 bits per heavy atom. The predicted molar refractivity (Wildman–Crippen MR) is 93.7 cm³/mol. The van der Waals surface area contributed by atoms with Crippen LogP contribution in [0.4, 0.5) is 4.39 Å². The van der Waals surface area contributed by atoms with E-state index in [0.717, 1.165) is 11.8 Å². The molecule has 1 aromatic rings. The molecule has 0 N–H and O–H groups in total. The summed E-state index contributed by atoms with van der Waals surface area (Å²) >= 11 is 6.29. The lowest BCUT2D eigenvalue weighted by Crippen LogP contribution is -2.42. The molecule has 5 nitrogen and oxygen atoms in total. The maximum atomic E-state index is 12.9. The maximum Gasteiger partial charge on any atom is 0.329 e. The van der Waals surface area contributed by atoms with Crippen molar-refractivity contribution in [3.8, 4) is 0 Å². The van der Waals surface area contributed by atoms with Gasteiger partial charge in [0.25, 0.3) is 5.91 Å². The van der Waals surface area contributed by atoms with Crippen molar-refractivity contribution < 1.29 is 23.5 Å². The first-order valence-corrected chi connectivity index (χ1v) is 8.34. The van der Waals surface area contributed by atoms with E-state index in [2.05, 4.69) is 0 Å². The van der Waals surface area contributed by atoms with Crippen LogP contribution in [-0.4, -0.2) is 47.5 Å². The second-order valence-electron chi connectivity index (χ2n) is 4.94. The second-order valence-corrected chi connectivity index (χ2v) is 6.62. The number of halogens is 1. The minimum Gasteiger partial charge on any atom is -0.462 e. The van der Waals surface area contributed by atoms with Gasteiger partial charge in [0.2, 0.25) is 0 Å². The first kappa shape index (κ1) is 18.6. The number of amides is 1. The van der Waals surface area contributed by atoms with Crippen molar-refractivity contribution in [1.29, 1.82) is 0 Å². The molecule has 1 amide bonds. The third-order valence-corrected chi connectivity index (χ3v) is 4.58. The lowest BCUT2D eigenvalue weighted by molar-refractivity contribution is -0.151. The molecule has 0 aliphatic carbocycles. The number of nitrogens with zero attached hydrogens (tertiary/aromatic N) is 1. The van der Waals surface area contributed by atoms with Crippen LogP contribution in [0.1, 0.15) is 12.5 Å². The summed E-state index contributed by atoms with van der Waals surface area (Å²) < 4.78 is 23.1. The average molecular weight is 369 g/mol. The fourth-order valence-corrected chi connectivity index (χ4v) is 3.39. The summed E-state index contributed by atoms with van der Waals surface area (Å²) in [5, 5.41) is 0. The Hall–Kier alpha value is -1.77. The SMILES string of the molecule is COCCOC(=O)C(C)N1C(=O)C(=Cc2ccc(F)cc2)SC1=S. The molecule has 1 aliphatic heterocycles. The van der Waals surface area contributed by atoms with E-state index in [4.69, 9.17) is 21.7 Å². The Balaban J connectivity index is 2.10. The Labute approximate surface area is 148 Å². The van der Waals surface area contributed by atoms with Crippen LogP contribution in [0.3, 0.4) is 0 Å². The van der Waals surface area contributed by atoms with Crippen molar-refractivity contribution in [3.05, 3.63) is 40.6 Å². The van der Waals surface area contributed by atoms with E-state index in [0.29, 0.717) is 10.5 Å². The molecule has 0 aromatic heterocycles. The Bertz CT molecular complexity index is 675. The summed E-state index contributed by atoms with van der Waals surface area (Å²) in [6, 6.07) is 4.91. The van der Waals surface area contributed by atoms with E-state index in [-0.39, 0.29) is 29.3 Å². The van der Waals surface area contributed by atoms with Crippen LogP contribution in [0, 0.1) is 5.82 Å². The molecular weight excluding hydrogens is 353 g/mol. The lowest BCUT2D eigenvalue weighted by atomic mass is 10.2. The van der Waals surface area contributed by atoms with Crippen molar-refractivity contribution in [2.24, 2.45) is 0 Å². The largest absolute Gasteiger partial charge is 0.462 e. The third-order valence-electron chi connectivity index (χ3n) is 3.25. The zero-order valence-electron chi connectivity index (χ0n) is 13.2. The van der Waals surface area contributed by atoms with Gasteiger partial charge in [-0.1, -0.05) is 36.1 Å². The van der Waals surface area contributed by atoms with Gasteiger partial charge < -0.3 is 9.47 Å². The first-order chi connectivity index (χ1) is 11.4. The molecule has 1 aromatic carbocycles. The molecule has 0 radical (unpaired) electrons. The topological polar surface area (TPSA) is 55.8 Å². The van der Waals surface area contributed by atoms with E-state index in [1.54, 1.807) is 25.1 Å². The quantitative estimate of drug-likeness (QED) is 0.333. The normalized spacial score (nSPS) is 17.5. The van der Waals surface area contributed by atoms with Gasteiger partial charge in [-0.25, -0.2) is 9.18 Å². The van der Waals surface area contributed by atoms with Crippen LogP contribution in [0.2, 0.25) is 0 Å². The summed E-state index contributed by atoms with van der Waals surface area (Å²) in [4.78, 5) is 26.1. The van der Waals surface area contributed by atoms with Gasteiger partial charge in [-0.3, -0.25) is 9.69 Å². The molecule has 1 saturated heterocycles. The van der Waals surface area contributed by atoms with Crippen molar-refractivity contribution in [2.75, 3.05) is 20.3 Å². The summed E-state index contributed by atoms with van der Waals surface area (Å²) in [6.07, 6.45) is 1.61. The fraction of sp³-hybridized carbons (Fsp3) is 0.312. The number of thiocarbonyl (C=S) groups is 1. The Kier molecular flexibility index (Phi) is 6.47. The van der Waals surface area contributed by atoms with Gasteiger partial charge >= 0.3 is 5.97 Å². The van der Waals surface area contributed by atoms with Crippen LogP contribution in [0.25, 0.3) is 6.08 Å². The summed E-state index contributed by atoms with van der Waals surface area (Å²) in [7, 11) is 1.50. The van der Waals surface area contributed by atoms with Crippen molar-refractivity contribution in [1.82, 2.24) is 4.90 Å². The lowest BCUT2D eigenvalue weighted by Gasteiger charge is -2.21. The van der Waals surface area contributed by atoms with Crippen LogP contribution in [0.15, 0.2) is 29.2 Å². The molecular formula is C16H16FNO4S2. The molecule has 2 rings (SSSR count). The van der Waals surface area contributed by atoms with Crippen LogP contribution >= 0.6 is 24.0 Å². The fourth-order valence-electron chi connectivity index (χ4n) is 1.98. The molecule has 0 saturated carbocycles. The van der Waals surface area contributed by atoms with Crippen LogP contribution < -0.4 is 0 Å². The molecule has 1 fully saturated rings. The van der Waals surface area contributed by atoms with Crippen LogP contribution in [-0.2, 0) is 19.1 Å². The van der Waals surface area contributed by atoms with Crippen molar-refractivity contribution in [3.63, 3.8) is 0 Å². The van der Waals surface area contributed by atoms with Crippen LogP contribution in [0.5, 0.6) is 0 Å². The number of hydrogen-bond donors (Lipinski definition) is 0. The molecule has 1 heterocycles. The monoisotopic (exact) mass is 369 g/mol. The number of thioether (sulfide) groups is 1. The number of ether oxygens (including phenoxy) is 2. The van der Waals surface area contributed by atoms with E-state index < -0.39 is 12.0 Å². The van der Waals surface area contributed by atoms with E-state index in [1.807, 2.05) is 0 Å². The molecule has 128 valence electrons. The maximum absolute atomic E-state index is 12.9. The minimum absolute atomic E-state index is 0.111. The number of hydrogen-bond acceptors (Lipinski definition) is 6. The minimum atomic E-state index is -0.825. The van der Waals surface area contributed by atoms with Gasteiger partial charge in [-0.05, 0) is 30.7 Å². The van der Waals surface area contributed by atoms with E-state index in [9.17, 15) is 14.0 Å². The number of benzene rings is 1. The van der Waals surface area contributed by atoms with Gasteiger partial charge in [0.1, 0.15) is 22.8 Å². The van der Waals surface area contributed by atoms with Crippen molar-refractivity contribution in [2.45, 2.75) is 13.0 Å². The smallest absolute Gasteiger partial charge is 0.329 e. The highest BCUT2D eigenvalue weighted by Crippen LogP contribution is 2.34. The van der Waals surface area contributed by atoms with E-state index >= 15 is 0 Å². The highest BCUT2D eigenvalue weighted by molar-refractivity contribution is 8.26. The molecule has 24 heavy (non-hydrogen) atoms. The highest BCUT2D eigenvalue weighted by Gasteiger charge is 2.38. The molecule has 0 bridgehead atoms. The zero-order valence-corrected chi connectivity index (χ0v) is 14.8. The number of carbonyl (C=O) groups is 2. The zero-order chi connectivity index (χ0) is 17.7. The van der Waals surface area contributed by atoms with Gasteiger partial charge in [0, 0.05) is 7.11 Å². The van der Waals surface area contributed by atoms with Gasteiger partial charge in [-0.15, -0.1) is 0 Å². The predicted octanol–water partition coefficient (Wildman–Crippen LogP) is 2.61. The first-order valence-electron chi connectivity index (χ1n) is 7.12. The Morgan fingerprint density at radius 3 is 2.67 bits per heavy atom. The highest BCUT2D eigenvalue weighted by atomic mass is 32.2. The number of carbonyl (C=O) groups excluding carboxylic acids is 2. The van der Waals surface area contributed by atoms with E-state index in [1.165, 1.54) is 24.1 Å². The van der Waals surface area contributed by atoms with Gasteiger partial charge in [-0.2, -0.15) is 0 Å². The average Bonchev–Trinajstić information content (AvgIpc) is 2.83. The van der Waals surface area contributed by atoms with Gasteiger partial charge in [0.05, 0.1) is 11.5 Å². The second kappa shape index (κ2) is 8.36. The van der Waals surface area contributed by atoms with Crippen molar-refractivity contribution >= 4 is 46.3 Å². The Morgan fingerprint density at radius 2 is 2.04 bits per heavy atom. The molecule has 1 aliphatic rings. The number of methoxy groups -OCH3 is 1. The molecule has 8 heteroatoms. The molecule has 1 unspecified atom stereocenters.